The van der Waals surface area contributed by atoms with Crippen molar-refractivity contribution < 1.29 is 4.79 Å². The first-order chi connectivity index (χ1) is 11.6. The van der Waals surface area contributed by atoms with Gasteiger partial charge in [-0.1, -0.05) is 45.0 Å². The zero-order valence-corrected chi connectivity index (χ0v) is 14.1. The number of fused-ring (bicyclic) bond motifs is 1. The Morgan fingerprint density at radius 3 is 2.88 bits per heavy atom. The van der Waals surface area contributed by atoms with Crippen molar-refractivity contribution in [1.29, 1.82) is 0 Å². The summed E-state index contributed by atoms with van der Waals surface area (Å²) in [6, 6.07) is 11.3. The first-order valence-electron chi connectivity index (χ1n) is 8.24. The van der Waals surface area contributed by atoms with Gasteiger partial charge in [0.2, 0.25) is 5.91 Å². The van der Waals surface area contributed by atoms with E-state index in [0.717, 1.165) is 23.4 Å². The van der Waals surface area contributed by atoms with Gasteiger partial charge in [0.15, 0.2) is 0 Å². The summed E-state index contributed by atoms with van der Waals surface area (Å²) in [6.45, 7) is 9.01. The lowest BCUT2D eigenvalue weighted by molar-refractivity contribution is -0.121. The van der Waals surface area contributed by atoms with Crippen LogP contribution < -0.4 is 5.32 Å². The van der Waals surface area contributed by atoms with Crippen molar-refractivity contribution in [3.63, 3.8) is 0 Å². The molecule has 2 aromatic rings. The van der Waals surface area contributed by atoms with Crippen LogP contribution in [-0.4, -0.2) is 27.0 Å². The van der Waals surface area contributed by atoms with Crippen molar-refractivity contribution >= 4 is 17.3 Å². The Morgan fingerprint density at radius 2 is 2.17 bits per heavy atom. The Labute approximate surface area is 142 Å². The molecule has 5 nitrogen and oxygen atoms in total. The molecule has 0 bridgehead atoms. The van der Waals surface area contributed by atoms with Crippen LogP contribution in [0.15, 0.2) is 49.2 Å². The number of aromatic nitrogens is 2. The Balaban J connectivity index is 2.04. The smallest absolute Gasteiger partial charge is 0.247 e. The van der Waals surface area contributed by atoms with Crippen molar-refractivity contribution in [2.75, 3.05) is 5.32 Å². The highest BCUT2D eigenvalue weighted by Crippen LogP contribution is 2.31. The Morgan fingerprint density at radius 1 is 1.38 bits per heavy atom. The minimum Gasteiger partial charge on any atom is -0.353 e. The molecule has 0 unspecified atom stereocenters. The number of hydrogen-bond donors (Lipinski definition) is 1. The second-order valence-electron chi connectivity index (χ2n) is 6.16. The number of rotatable bonds is 4. The van der Waals surface area contributed by atoms with E-state index in [4.69, 9.17) is 0 Å². The van der Waals surface area contributed by atoms with Crippen LogP contribution in [0.25, 0.3) is 5.70 Å². The lowest BCUT2D eigenvalue weighted by atomic mass is 9.96. The monoisotopic (exact) mass is 322 g/mol. The van der Waals surface area contributed by atoms with Gasteiger partial charge in [0.1, 0.15) is 11.7 Å². The summed E-state index contributed by atoms with van der Waals surface area (Å²) in [4.78, 5) is 14.9. The van der Waals surface area contributed by atoms with Crippen LogP contribution in [0.3, 0.4) is 0 Å². The largest absolute Gasteiger partial charge is 0.353 e. The zero-order valence-electron chi connectivity index (χ0n) is 14.1. The van der Waals surface area contributed by atoms with Crippen molar-refractivity contribution in [3.05, 3.63) is 60.4 Å². The van der Waals surface area contributed by atoms with Gasteiger partial charge in [-0.15, -0.1) is 5.10 Å². The SMILES string of the molecule is C=C(c1cccnn1)N1Cc2ccccc2NC(=O)[C@@H]1[C@@H](C)CC. The maximum atomic E-state index is 12.9. The Bertz CT molecular complexity index is 744. The quantitative estimate of drug-likeness (QED) is 0.938. The summed E-state index contributed by atoms with van der Waals surface area (Å²) in [5.41, 5.74) is 3.35. The van der Waals surface area contributed by atoms with Gasteiger partial charge in [0.05, 0.1) is 5.70 Å². The maximum Gasteiger partial charge on any atom is 0.247 e. The standard InChI is InChI=1S/C19H22N4O/c1-4-13(2)18-19(24)21-17-9-6-5-8-15(17)12-23(18)14(3)16-10-7-11-20-22-16/h5-11,13,18H,3-4,12H2,1-2H3,(H,21,24)/t13-,18-/m0/s1. The van der Waals surface area contributed by atoms with E-state index < -0.39 is 0 Å². The van der Waals surface area contributed by atoms with Gasteiger partial charge in [-0.05, 0) is 29.7 Å². The Hall–Kier alpha value is -2.69. The average molecular weight is 322 g/mol. The second-order valence-corrected chi connectivity index (χ2v) is 6.16. The van der Waals surface area contributed by atoms with E-state index in [2.05, 4.69) is 40.8 Å². The summed E-state index contributed by atoms with van der Waals surface area (Å²) >= 11 is 0. The van der Waals surface area contributed by atoms with Crippen LogP contribution in [0.4, 0.5) is 5.69 Å². The molecule has 0 saturated heterocycles. The average Bonchev–Trinajstić information content (AvgIpc) is 2.77. The Kier molecular flexibility index (Phi) is 4.60. The molecule has 1 amide bonds. The lowest BCUT2D eigenvalue weighted by Gasteiger charge is -2.35. The van der Waals surface area contributed by atoms with Gasteiger partial charge < -0.3 is 10.2 Å². The van der Waals surface area contributed by atoms with Crippen LogP contribution >= 0.6 is 0 Å². The molecule has 2 heterocycles. The molecule has 0 fully saturated rings. The van der Waals surface area contributed by atoms with Crippen molar-refractivity contribution in [2.24, 2.45) is 5.92 Å². The number of benzene rings is 1. The first-order valence-corrected chi connectivity index (χ1v) is 8.24. The predicted octanol–water partition coefficient (Wildman–Crippen LogP) is 3.32. The molecular weight excluding hydrogens is 300 g/mol. The van der Waals surface area contributed by atoms with Crippen LogP contribution in [0.2, 0.25) is 0 Å². The number of amides is 1. The number of hydrogen-bond acceptors (Lipinski definition) is 4. The summed E-state index contributed by atoms with van der Waals surface area (Å²) in [6.07, 6.45) is 2.53. The fourth-order valence-corrected chi connectivity index (χ4v) is 3.06. The summed E-state index contributed by atoms with van der Waals surface area (Å²) in [7, 11) is 0. The molecule has 0 spiro atoms. The molecule has 1 aliphatic heterocycles. The van der Waals surface area contributed by atoms with E-state index in [1.54, 1.807) is 6.20 Å². The minimum absolute atomic E-state index is 0.000611. The van der Waals surface area contributed by atoms with E-state index in [1.165, 1.54) is 0 Å². The van der Waals surface area contributed by atoms with E-state index >= 15 is 0 Å². The molecule has 5 heteroatoms. The molecule has 1 aromatic carbocycles. The van der Waals surface area contributed by atoms with E-state index in [0.29, 0.717) is 12.2 Å². The van der Waals surface area contributed by atoms with E-state index in [-0.39, 0.29) is 17.9 Å². The molecule has 0 radical (unpaired) electrons. The molecule has 3 rings (SSSR count). The second kappa shape index (κ2) is 6.83. The van der Waals surface area contributed by atoms with Gasteiger partial charge in [0.25, 0.3) is 0 Å². The van der Waals surface area contributed by atoms with Crippen LogP contribution in [-0.2, 0) is 11.3 Å². The lowest BCUT2D eigenvalue weighted by Crippen LogP contribution is -2.45. The molecule has 0 aliphatic carbocycles. The van der Waals surface area contributed by atoms with Gasteiger partial charge in [-0.3, -0.25) is 4.79 Å². The number of para-hydroxylation sites is 1. The minimum atomic E-state index is -0.295. The summed E-state index contributed by atoms with van der Waals surface area (Å²) in [5, 5.41) is 11.2. The van der Waals surface area contributed by atoms with Gasteiger partial charge in [-0.25, -0.2) is 0 Å². The maximum absolute atomic E-state index is 12.9. The molecule has 124 valence electrons. The fourth-order valence-electron chi connectivity index (χ4n) is 3.06. The number of carbonyl (C=O) groups excluding carboxylic acids is 1. The highest BCUT2D eigenvalue weighted by atomic mass is 16.2. The molecule has 1 aliphatic rings. The highest BCUT2D eigenvalue weighted by Gasteiger charge is 2.35. The van der Waals surface area contributed by atoms with Crippen molar-refractivity contribution in [1.82, 2.24) is 15.1 Å². The molecular formula is C19H22N4O. The van der Waals surface area contributed by atoms with Gasteiger partial charge >= 0.3 is 0 Å². The van der Waals surface area contributed by atoms with Crippen molar-refractivity contribution in [2.45, 2.75) is 32.9 Å². The van der Waals surface area contributed by atoms with E-state index in [1.807, 2.05) is 36.4 Å². The molecule has 1 aromatic heterocycles. The van der Waals surface area contributed by atoms with Crippen LogP contribution in [0, 0.1) is 5.92 Å². The summed E-state index contributed by atoms with van der Waals surface area (Å²) in [5.74, 6) is 0.187. The molecule has 2 atom stereocenters. The molecule has 0 saturated carbocycles. The topological polar surface area (TPSA) is 58.1 Å². The first kappa shape index (κ1) is 16.2. The van der Waals surface area contributed by atoms with E-state index in [9.17, 15) is 4.79 Å². The zero-order chi connectivity index (χ0) is 17.1. The number of nitrogens with zero attached hydrogens (tertiary/aromatic N) is 3. The van der Waals surface area contributed by atoms with Gasteiger partial charge in [0, 0.05) is 18.4 Å². The predicted molar refractivity (Wildman–Crippen MR) is 94.9 cm³/mol. The highest BCUT2D eigenvalue weighted by molar-refractivity contribution is 5.97. The van der Waals surface area contributed by atoms with Crippen LogP contribution in [0.5, 0.6) is 0 Å². The third-order valence-corrected chi connectivity index (χ3v) is 4.62. The number of carbonyl (C=O) groups is 1. The third-order valence-electron chi connectivity index (χ3n) is 4.62. The number of nitrogens with one attached hydrogen (secondary N) is 1. The summed E-state index contributed by atoms with van der Waals surface area (Å²) < 4.78 is 0. The normalized spacial score (nSPS) is 18.3. The van der Waals surface area contributed by atoms with Crippen LogP contribution in [0.1, 0.15) is 31.5 Å². The molecule has 24 heavy (non-hydrogen) atoms. The number of anilines is 1. The third kappa shape index (κ3) is 3.02. The van der Waals surface area contributed by atoms with Crippen molar-refractivity contribution in [3.8, 4) is 0 Å². The van der Waals surface area contributed by atoms with Gasteiger partial charge in [-0.2, -0.15) is 5.10 Å². The molecule has 1 N–H and O–H groups in total. The fraction of sp³-hybridized carbons (Fsp3) is 0.316.